The van der Waals surface area contributed by atoms with Crippen LogP contribution >= 0.6 is 27.5 Å². The highest BCUT2D eigenvalue weighted by Crippen LogP contribution is 2.28. The Morgan fingerprint density at radius 1 is 1.35 bits per heavy atom. The first kappa shape index (κ1) is 15.5. The van der Waals surface area contributed by atoms with Gasteiger partial charge in [-0.25, -0.2) is 4.39 Å². The maximum absolute atomic E-state index is 13.0. The van der Waals surface area contributed by atoms with Crippen LogP contribution in [0.25, 0.3) is 0 Å². The van der Waals surface area contributed by atoms with Crippen molar-refractivity contribution >= 4 is 27.5 Å². The predicted molar refractivity (Wildman–Crippen MR) is 84.2 cm³/mol. The van der Waals surface area contributed by atoms with Crippen molar-refractivity contribution < 1.29 is 4.39 Å². The lowest BCUT2D eigenvalue weighted by Gasteiger charge is -2.15. The van der Waals surface area contributed by atoms with Crippen LogP contribution in [0.15, 0.2) is 24.3 Å². The van der Waals surface area contributed by atoms with Gasteiger partial charge in [-0.1, -0.05) is 46.6 Å². The average Bonchev–Trinajstić information content (AvgIpc) is 2.72. The first-order chi connectivity index (χ1) is 9.56. The summed E-state index contributed by atoms with van der Waals surface area (Å²) in [5, 5.41) is 5.98. The Morgan fingerprint density at radius 3 is 2.50 bits per heavy atom. The molecule has 0 aliphatic rings. The van der Waals surface area contributed by atoms with Crippen LogP contribution in [0.5, 0.6) is 0 Å². The van der Waals surface area contributed by atoms with Crippen LogP contribution in [0.3, 0.4) is 0 Å². The summed E-state index contributed by atoms with van der Waals surface area (Å²) in [7, 11) is 1.91. The summed E-state index contributed by atoms with van der Waals surface area (Å²) in [6.45, 7) is 2.04. The fourth-order valence-electron chi connectivity index (χ4n) is 2.27. The van der Waals surface area contributed by atoms with E-state index >= 15 is 0 Å². The lowest BCUT2D eigenvalue weighted by molar-refractivity contribution is 0.623. The Kier molecular flexibility index (Phi) is 5.22. The van der Waals surface area contributed by atoms with Gasteiger partial charge in [0.15, 0.2) is 0 Å². The summed E-state index contributed by atoms with van der Waals surface area (Å²) in [4.78, 5) is 0. The Morgan fingerprint density at radius 2 is 2.00 bits per heavy atom. The van der Waals surface area contributed by atoms with Gasteiger partial charge in [0.2, 0.25) is 0 Å². The van der Waals surface area contributed by atoms with E-state index in [2.05, 4.69) is 21.0 Å². The van der Waals surface area contributed by atoms with E-state index in [1.807, 2.05) is 30.8 Å². The zero-order valence-electron chi connectivity index (χ0n) is 11.5. The molecule has 5 heteroatoms. The molecule has 1 unspecified atom stereocenters. The standard InChI is InChI=1S/C15H17BrClFN2/c1-3-13-15(17)14(20(2)19-13)8-11(9-16)10-4-6-12(18)7-5-10/h4-7,11H,3,8-9H2,1-2H3. The number of aromatic nitrogens is 2. The van der Waals surface area contributed by atoms with E-state index in [4.69, 9.17) is 11.6 Å². The molecule has 0 aliphatic carbocycles. The number of benzene rings is 1. The lowest BCUT2D eigenvalue weighted by Crippen LogP contribution is -2.08. The fourth-order valence-corrected chi connectivity index (χ4v) is 3.25. The molecule has 0 fully saturated rings. The molecule has 0 amide bonds. The Labute approximate surface area is 132 Å². The van der Waals surface area contributed by atoms with Crippen LogP contribution in [0.2, 0.25) is 5.02 Å². The Hall–Kier alpha value is -0.870. The molecule has 0 saturated heterocycles. The molecule has 0 N–H and O–H groups in total. The van der Waals surface area contributed by atoms with E-state index in [-0.39, 0.29) is 11.7 Å². The number of aryl methyl sites for hydroxylation is 2. The maximum Gasteiger partial charge on any atom is 0.123 e. The van der Waals surface area contributed by atoms with E-state index in [0.29, 0.717) is 0 Å². The van der Waals surface area contributed by atoms with Gasteiger partial charge in [0.05, 0.1) is 16.4 Å². The van der Waals surface area contributed by atoms with Crippen molar-refractivity contribution in [1.82, 2.24) is 9.78 Å². The van der Waals surface area contributed by atoms with Crippen LogP contribution in [-0.4, -0.2) is 15.1 Å². The van der Waals surface area contributed by atoms with Gasteiger partial charge in [-0.3, -0.25) is 4.68 Å². The minimum Gasteiger partial charge on any atom is -0.271 e. The SMILES string of the molecule is CCc1nn(C)c(CC(CBr)c2ccc(F)cc2)c1Cl. The van der Waals surface area contributed by atoms with Crippen molar-refractivity contribution in [3.8, 4) is 0 Å². The van der Waals surface area contributed by atoms with Crippen LogP contribution in [-0.2, 0) is 19.9 Å². The first-order valence-corrected chi connectivity index (χ1v) is 8.08. The normalized spacial score (nSPS) is 12.7. The van der Waals surface area contributed by atoms with Gasteiger partial charge in [-0.05, 0) is 36.5 Å². The van der Waals surface area contributed by atoms with E-state index < -0.39 is 0 Å². The number of halogens is 3. The molecule has 0 aliphatic heterocycles. The molecule has 1 aromatic heterocycles. The van der Waals surface area contributed by atoms with Crippen molar-refractivity contribution in [1.29, 1.82) is 0 Å². The van der Waals surface area contributed by atoms with E-state index in [1.165, 1.54) is 12.1 Å². The third kappa shape index (κ3) is 3.23. The number of nitrogens with zero attached hydrogens (tertiary/aromatic N) is 2. The van der Waals surface area contributed by atoms with Crippen molar-refractivity contribution in [2.24, 2.45) is 7.05 Å². The van der Waals surface area contributed by atoms with Gasteiger partial charge in [0.25, 0.3) is 0 Å². The van der Waals surface area contributed by atoms with Crippen molar-refractivity contribution in [2.75, 3.05) is 5.33 Å². The van der Waals surface area contributed by atoms with Crippen LogP contribution in [0.1, 0.15) is 29.8 Å². The topological polar surface area (TPSA) is 17.8 Å². The molecule has 2 nitrogen and oxygen atoms in total. The molecule has 1 atom stereocenters. The Balaban J connectivity index is 2.26. The summed E-state index contributed by atoms with van der Waals surface area (Å²) >= 11 is 9.92. The molecule has 0 spiro atoms. The average molecular weight is 360 g/mol. The third-order valence-corrected chi connectivity index (χ3v) is 4.69. The molecule has 0 radical (unpaired) electrons. The smallest absolute Gasteiger partial charge is 0.123 e. The van der Waals surface area contributed by atoms with Crippen LogP contribution in [0, 0.1) is 5.82 Å². The van der Waals surface area contributed by atoms with Gasteiger partial charge < -0.3 is 0 Å². The number of hydrogen-bond acceptors (Lipinski definition) is 1. The molecule has 20 heavy (non-hydrogen) atoms. The van der Waals surface area contributed by atoms with Crippen molar-refractivity contribution in [3.63, 3.8) is 0 Å². The second-order valence-electron chi connectivity index (χ2n) is 4.79. The van der Waals surface area contributed by atoms with E-state index in [1.54, 1.807) is 0 Å². The summed E-state index contributed by atoms with van der Waals surface area (Å²) in [6.07, 6.45) is 1.60. The number of rotatable bonds is 5. The second kappa shape index (κ2) is 6.72. The highest BCUT2D eigenvalue weighted by Gasteiger charge is 2.18. The summed E-state index contributed by atoms with van der Waals surface area (Å²) in [5.41, 5.74) is 3.05. The number of alkyl halides is 1. The second-order valence-corrected chi connectivity index (χ2v) is 5.82. The summed E-state index contributed by atoms with van der Waals surface area (Å²) in [6, 6.07) is 6.64. The molecular weight excluding hydrogens is 343 g/mol. The summed E-state index contributed by atoms with van der Waals surface area (Å²) in [5.74, 6) is 0.0297. The maximum atomic E-state index is 13.0. The van der Waals surface area contributed by atoms with Crippen LogP contribution < -0.4 is 0 Å². The Bertz CT molecular complexity index is 580. The van der Waals surface area contributed by atoms with E-state index in [9.17, 15) is 4.39 Å². The lowest BCUT2D eigenvalue weighted by atomic mass is 9.96. The quantitative estimate of drug-likeness (QED) is 0.719. The van der Waals surface area contributed by atoms with Gasteiger partial charge in [-0.15, -0.1) is 0 Å². The third-order valence-electron chi connectivity index (χ3n) is 3.47. The predicted octanol–water partition coefficient (Wildman–Crippen LogP) is 4.50. The monoisotopic (exact) mass is 358 g/mol. The molecule has 0 bridgehead atoms. The van der Waals surface area contributed by atoms with Gasteiger partial charge in [-0.2, -0.15) is 5.10 Å². The van der Waals surface area contributed by atoms with Crippen LogP contribution in [0.4, 0.5) is 4.39 Å². The fraction of sp³-hybridized carbons (Fsp3) is 0.400. The van der Waals surface area contributed by atoms with Crippen molar-refractivity contribution in [2.45, 2.75) is 25.7 Å². The molecule has 2 aromatic rings. The highest BCUT2D eigenvalue weighted by atomic mass is 79.9. The van der Waals surface area contributed by atoms with Gasteiger partial charge >= 0.3 is 0 Å². The molecule has 1 aromatic carbocycles. The minimum absolute atomic E-state index is 0.214. The largest absolute Gasteiger partial charge is 0.271 e. The summed E-state index contributed by atoms with van der Waals surface area (Å²) < 4.78 is 14.9. The first-order valence-electron chi connectivity index (χ1n) is 6.58. The van der Waals surface area contributed by atoms with Crippen molar-refractivity contribution in [3.05, 3.63) is 52.1 Å². The molecular formula is C15H17BrClFN2. The molecule has 1 heterocycles. The van der Waals surface area contributed by atoms with Gasteiger partial charge in [0, 0.05) is 12.4 Å². The molecule has 2 rings (SSSR count). The minimum atomic E-state index is -0.214. The molecule has 0 saturated carbocycles. The highest BCUT2D eigenvalue weighted by molar-refractivity contribution is 9.09. The zero-order valence-corrected chi connectivity index (χ0v) is 13.9. The number of hydrogen-bond donors (Lipinski definition) is 0. The van der Waals surface area contributed by atoms with Gasteiger partial charge in [0.1, 0.15) is 5.82 Å². The zero-order chi connectivity index (χ0) is 14.7. The molecule has 108 valence electrons. The van der Waals surface area contributed by atoms with E-state index in [0.717, 1.165) is 40.1 Å².